The molecule has 8 heteroatoms. The molecule has 4 atom stereocenters. The highest BCUT2D eigenvalue weighted by Gasteiger charge is 2.43. The second kappa shape index (κ2) is 9.94. The van der Waals surface area contributed by atoms with Gasteiger partial charge in [-0.2, -0.15) is 0 Å². The summed E-state index contributed by atoms with van der Waals surface area (Å²) in [5.74, 6) is -1.17. The molecule has 4 aliphatic rings. The third kappa shape index (κ3) is 4.52. The Labute approximate surface area is 200 Å². The number of rotatable bonds is 6. The lowest BCUT2D eigenvalue weighted by molar-refractivity contribution is -0.154. The largest absolute Gasteiger partial charge is 0.489 e. The van der Waals surface area contributed by atoms with E-state index in [-0.39, 0.29) is 24.0 Å². The summed E-state index contributed by atoms with van der Waals surface area (Å²) in [6.07, 6.45) is 5.99. The van der Waals surface area contributed by atoms with Crippen molar-refractivity contribution in [3.05, 3.63) is 29.3 Å². The van der Waals surface area contributed by atoms with E-state index in [1.54, 1.807) is 0 Å². The standard InChI is InChI=1S/C26H35N3O5/c30-23-9-4-13-28(23)16-21-24-17(5-3-8-22(24)34-18-10-12-27-15-18)11-14-29(21)25(31)19-6-1-2-7-20(19)26(32)33/h3,5,8,18-21,27H,1-2,4,6-7,9-16H2,(H,32,33)/t18-,19?,20?,21+/m0/s1. The summed E-state index contributed by atoms with van der Waals surface area (Å²) in [5.41, 5.74) is 2.15. The van der Waals surface area contributed by atoms with Crippen LogP contribution in [0.1, 0.15) is 62.1 Å². The van der Waals surface area contributed by atoms with Crippen LogP contribution in [0.5, 0.6) is 5.75 Å². The van der Waals surface area contributed by atoms with Crippen molar-refractivity contribution in [1.29, 1.82) is 0 Å². The first-order valence-electron chi connectivity index (χ1n) is 12.8. The molecule has 2 amide bonds. The number of ether oxygens (including phenoxy) is 1. The van der Waals surface area contributed by atoms with Crippen molar-refractivity contribution < 1.29 is 24.2 Å². The summed E-state index contributed by atoms with van der Waals surface area (Å²) in [6.45, 7) is 3.39. The molecule has 0 bridgehead atoms. The number of carbonyl (C=O) groups is 3. The maximum atomic E-state index is 13.9. The molecule has 1 aliphatic carbocycles. The highest BCUT2D eigenvalue weighted by Crippen LogP contribution is 2.41. The van der Waals surface area contributed by atoms with E-state index < -0.39 is 17.8 Å². The van der Waals surface area contributed by atoms with Crippen molar-refractivity contribution in [1.82, 2.24) is 15.1 Å². The van der Waals surface area contributed by atoms with Gasteiger partial charge in [0.1, 0.15) is 11.9 Å². The lowest BCUT2D eigenvalue weighted by Gasteiger charge is -2.43. The molecule has 0 spiro atoms. The van der Waals surface area contributed by atoms with E-state index in [2.05, 4.69) is 11.4 Å². The minimum absolute atomic E-state index is 0.0771. The molecule has 3 fully saturated rings. The van der Waals surface area contributed by atoms with Crippen molar-refractivity contribution in [3.63, 3.8) is 0 Å². The lowest BCUT2D eigenvalue weighted by atomic mass is 9.77. The number of benzene rings is 1. The second-order valence-electron chi connectivity index (χ2n) is 10.1. The van der Waals surface area contributed by atoms with Gasteiger partial charge in [-0.05, 0) is 50.3 Å². The summed E-state index contributed by atoms with van der Waals surface area (Å²) in [4.78, 5) is 42.1. The van der Waals surface area contributed by atoms with Gasteiger partial charge < -0.3 is 25.0 Å². The fraction of sp³-hybridized carbons (Fsp3) is 0.654. The molecule has 5 rings (SSSR count). The second-order valence-corrected chi connectivity index (χ2v) is 10.1. The average Bonchev–Trinajstić information content (AvgIpc) is 3.50. The van der Waals surface area contributed by atoms with Crippen LogP contribution in [0.2, 0.25) is 0 Å². The monoisotopic (exact) mass is 469 g/mol. The number of amides is 2. The van der Waals surface area contributed by atoms with Crippen molar-refractivity contribution in [2.24, 2.45) is 11.8 Å². The fourth-order valence-electron chi connectivity index (χ4n) is 6.24. The molecule has 2 unspecified atom stereocenters. The van der Waals surface area contributed by atoms with E-state index in [9.17, 15) is 19.5 Å². The number of fused-ring (bicyclic) bond motifs is 1. The van der Waals surface area contributed by atoms with Crippen LogP contribution < -0.4 is 10.1 Å². The zero-order chi connectivity index (χ0) is 23.7. The van der Waals surface area contributed by atoms with E-state index in [0.29, 0.717) is 45.3 Å². The van der Waals surface area contributed by atoms with E-state index >= 15 is 0 Å². The van der Waals surface area contributed by atoms with Crippen LogP contribution in [-0.2, 0) is 20.8 Å². The number of likely N-dealkylation sites (tertiary alicyclic amines) is 1. The Morgan fingerprint density at radius 3 is 2.59 bits per heavy atom. The summed E-state index contributed by atoms with van der Waals surface area (Å²) in [6, 6.07) is 5.76. The minimum Gasteiger partial charge on any atom is -0.489 e. The summed E-state index contributed by atoms with van der Waals surface area (Å²) < 4.78 is 6.43. The summed E-state index contributed by atoms with van der Waals surface area (Å²) >= 11 is 0. The van der Waals surface area contributed by atoms with Gasteiger partial charge in [0.15, 0.2) is 0 Å². The predicted octanol–water partition coefficient (Wildman–Crippen LogP) is 2.37. The number of aliphatic carboxylic acids is 1. The quantitative estimate of drug-likeness (QED) is 0.664. The number of hydrogen-bond acceptors (Lipinski definition) is 5. The normalized spacial score (nSPS) is 29.2. The molecule has 1 aromatic rings. The molecule has 1 aromatic carbocycles. The van der Waals surface area contributed by atoms with Gasteiger partial charge in [-0.25, -0.2) is 0 Å². The number of carbonyl (C=O) groups excluding carboxylic acids is 2. The van der Waals surface area contributed by atoms with Gasteiger partial charge >= 0.3 is 5.97 Å². The molecular formula is C26H35N3O5. The highest BCUT2D eigenvalue weighted by molar-refractivity contribution is 5.86. The van der Waals surface area contributed by atoms with E-state index in [1.165, 1.54) is 0 Å². The van der Waals surface area contributed by atoms with Gasteiger partial charge in [0, 0.05) is 38.2 Å². The Bertz CT molecular complexity index is 944. The number of carboxylic acid groups (broad SMARTS) is 1. The topological polar surface area (TPSA) is 99.2 Å². The van der Waals surface area contributed by atoms with Crippen molar-refractivity contribution in [3.8, 4) is 5.75 Å². The van der Waals surface area contributed by atoms with Crippen LogP contribution in [-0.4, -0.2) is 71.5 Å². The third-order valence-corrected chi connectivity index (χ3v) is 8.04. The van der Waals surface area contributed by atoms with Gasteiger partial charge in [0.05, 0.1) is 17.9 Å². The van der Waals surface area contributed by atoms with E-state index in [4.69, 9.17) is 4.74 Å². The number of nitrogens with one attached hydrogen (secondary N) is 1. The predicted molar refractivity (Wildman–Crippen MR) is 125 cm³/mol. The molecule has 3 aliphatic heterocycles. The van der Waals surface area contributed by atoms with Gasteiger partial charge in [-0.15, -0.1) is 0 Å². The SMILES string of the molecule is O=C(O)C1CCCCC1C(=O)N1CCc2cccc(O[C@H]3CCNC3)c2[C@H]1CN1CCCC1=O. The molecular weight excluding hydrogens is 434 g/mol. The Kier molecular flexibility index (Phi) is 6.77. The number of nitrogens with zero attached hydrogens (tertiary/aromatic N) is 2. The van der Waals surface area contributed by atoms with Gasteiger partial charge in [0.25, 0.3) is 0 Å². The Balaban J connectivity index is 1.49. The van der Waals surface area contributed by atoms with Crippen LogP contribution in [0.4, 0.5) is 0 Å². The molecule has 184 valence electrons. The van der Waals surface area contributed by atoms with Crippen LogP contribution in [0, 0.1) is 11.8 Å². The maximum absolute atomic E-state index is 13.9. The molecule has 0 radical (unpaired) electrons. The molecule has 3 heterocycles. The van der Waals surface area contributed by atoms with Crippen LogP contribution in [0.25, 0.3) is 0 Å². The molecule has 2 saturated heterocycles. The molecule has 34 heavy (non-hydrogen) atoms. The first-order valence-corrected chi connectivity index (χ1v) is 12.8. The van der Waals surface area contributed by atoms with Gasteiger partial charge in [-0.1, -0.05) is 25.0 Å². The number of carboxylic acids is 1. The fourth-order valence-corrected chi connectivity index (χ4v) is 6.24. The Hall–Kier alpha value is -2.61. The van der Waals surface area contributed by atoms with E-state index in [0.717, 1.165) is 55.6 Å². The lowest BCUT2D eigenvalue weighted by Crippen LogP contribution is -2.50. The van der Waals surface area contributed by atoms with E-state index in [1.807, 2.05) is 21.9 Å². The Morgan fingerprint density at radius 2 is 1.88 bits per heavy atom. The molecule has 0 aromatic heterocycles. The first-order chi connectivity index (χ1) is 16.5. The molecule has 2 N–H and O–H groups in total. The van der Waals surface area contributed by atoms with Crippen LogP contribution >= 0.6 is 0 Å². The van der Waals surface area contributed by atoms with Gasteiger partial charge in [0.2, 0.25) is 11.8 Å². The smallest absolute Gasteiger partial charge is 0.307 e. The maximum Gasteiger partial charge on any atom is 0.307 e. The highest BCUT2D eigenvalue weighted by atomic mass is 16.5. The summed E-state index contributed by atoms with van der Waals surface area (Å²) in [5, 5.41) is 13.1. The minimum atomic E-state index is -0.875. The zero-order valence-corrected chi connectivity index (χ0v) is 19.7. The van der Waals surface area contributed by atoms with Crippen LogP contribution in [0.3, 0.4) is 0 Å². The summed E-state index contributed by atoms with van der Waals surface area (Å²) in [7, 11) is 0. The molecule has 1 saturated carbocycles. The molecule has 8 nitrogen and oxygen atoms in total. The zero-order valence-electron chi connectivity index (χ0n) is 19.7. The van der Waals surface area contributed by atoms with Crippen molar-refractivity contribution >= 4 is 17.8 Å². The van der Waals surface area contributed by atoms with Gasteiger partial charge in [-0.3, -0.25) is 14.4 Å². The van der Waals surface area contributed by atoms with Crippen molar-refractivity contribution in [2.45, 2.75) is 63.5 Å². The number of hydrogen-bond donors (Lipinski definition) is 2. The third-order valence-electron chi connectivity index (χ3n) is 8.04. The van der Waals surface area contributed by atoms with Crippen molar-refractivity contribution in [2.75, 3.05) is 32.7 Å². The average molecular weight is 470 g/mol. The van der Waals surface area contributed by atoms with Crippen LogP contribution in [0.15, 0.2) is 18.2 Å². The Morgan fingerprint density at radius 1 is 1.06 bits per heavy atom. The first kappa shape index (κ1) is 23.1.